The van der Waals surface area contributed by atoms with Crippen molar-refractivity contribution < 1.29 is 101 Å². The van der Waals surface area contributed by atoms with Crippen molar-refractivity contribution in [1.82, 2.24) is 21.3 Å². The molecule has 0 bridgehead atoms. The first-order valence-corrected chi connectivity index (χ1v) is 35.6. The predicted octanol–water partition coefficient (Wildman–Crippen LogP) is 5.59. The Labute approximate surface area is 579 Å². The normalized spacial score (nSPS) is 23.9. The van der Waals surface area contributed by atoms with Crippen molar-refractivity contribution in [3.8, 4) is 11.5 Å². The van der Waals surface area contributed by atoms with Gasteiger partial charge in [0.1, 0.15) is 35.9 Å². The summed E-state index contributed by atoms with van der Waals surface area (Å²) in [6, 6.07) is 12.9. The molecule has 1 aliphatic heterocycles. The molecule has 7 N–H and O–H groups in total. The van der Waals surface area contributed by atoms with Gasteiger partial charge in [0.05, 0.1) is 110 Å². The van der Waals surface area contributed by atoms with Crippen LogP contribution >= 0.6 is 0 Å². The molecule has 26 nitrogen and oxygen atoms in total. The number of aliphatic hydroxyl groups is 2. The molecule has 26 heteroatoms. The molecule has 550 valence electrons. The molecule has 3 aromatic rings. The van der Waals surface area contributed by atoms with E-state index in [1.54, 1.807) is 42.5 Å². The largest absolute Gasteiger partial charge is 0.508 e. The maximum atomic E-state index is 12.8. The topological polar surface area (TPSA) is 343 Å². The van der Waals surface area contributed by atoms with Crippen molar-refractivity contribution >= 4 is 46.5 Å². The van der Waals surface area contributed by atoms with E-state index in [0.717, 1.165) is 75.3 Å². The fourth-order valence-corrected chi connectivity index (χ4v) is 15.0. The van der Waals surface area contributed by atoms with Crippen LogP contribution in [0, 0.1) is 34.5 Å². The molecule has 9 atom stereocenters. The number of amides is 4. The number of esters is 2. The zero-order valence-electron chi connectivity index (χ0n) is 57.8. The van der Waals surface area contributed by atoms with Gasteiger partial charge in [-0.3, -0.25) is 24.0 Å². The van der Waals surface area contributed by atoms with Crippen molar-refractivity contribution in [2.75, 3.05) is 145 Å². The number of ether oxygens (including phenoxy) is 11. The maximum Gasteiger partial charge on any atom is 0.349 e. The minimum Gasteiger partial charge on any atom is -0.508 e. The molecule has 5 aliphatic rings. The van der Waals surface area contributed by atoms with Crippen molar-refractivity contribution in [3.63, 3.8) is 0 Å². The van der Waals surface area contributed by atoms with Gasteiger partial charge in [-0.2, -0.15) is 0 Å². The monoisotopic (exact) mass is 1390 g/mol. The van der Waals surface area contributed by atoms with E-state index in [1.807, 2.05) is 6.92 Å². The highest BCUT2D eigenvalue weighted by molar-refractivity contribution is 5.96. The highest BCUT2D eigenvalue weighted by atomic mass is 16.6. The lowest BCUT2D eigenvalue weighted by Gasteiger charge is -2.65. The maximum absolute atomic E-state index is 12.8. The van der Waals surface area contributed by atoms with Crippen LogP contribution in [0.1, 0.15) is 133 Å². The van der Waals surface area contributed by atoms with E-state index in [1.165, 1.54) is 12.1 Å². The molecule has 0 saturated heterocycles. The van der Waals surface area contributed by atoms with Crippen LogP contribution in [0.15, 0.2) is 69.4 Å². The molecule has 0 radical (unpaired) electrons. The Kier molecular flexibility index (Phi) is 32.2. The lowest BCUT2D eigenvalue weighted by atomic mass is 9.42. The molecule has 4 fully saturated rings. The Bertz CT molecular complexity index is 3130. The molecule has 3 unspecified atom stereocenters. The quantitative estimate of drug-likeness (QED) is 0.0206. The molecule has 4 saturated carbocycles. The number of aliphatic hydroxyl groups excluding tert-OH is 1. The third-order valence-corrected chi connectivity index (χ3v) is 20.5. The number of carbonyl (C=O) groups excluding carboxylic acids is 6. The van der Waals surface area contributed by atoms with Crippen LogP contribution in [0.25, 0.3) is 11.0 Å². The summed E-state index contributed by atoms with van der Waals surface area (Å²) in [5.74, 6) is -0.667. The van der Waals surface area contributed by atoms with E-state index in [4.69, 9.17) is 56.5 Å². The summed E-state index contributed by atoms with van der Waals surface area (Å²) in [6.07, 6.45) is 13.1. The zero-order chi connectivity index (χ0) is 70.3. The van der Waals surface area contributed by atoms with Gasteiger partial charge >= 0.3 is 17.6 Å². The second-order valence-corrected chi connectivity index (χ2v) is 26.9. The smallest absolute Gasteiger partial charge is 0.349 e. The van der Waals surface area contributed by atoms with Gasteiger partial charge in [-0.05, 0) is 148 Å². The Morgan fingerprint density at radius 1 is 0.596 bits per heavy atom. The van der Waals surface area contributed by atoms with Crippen molar-refractivity contribution in [1.29, 1.82) is 0 Å². The van der Waals surface area contributed by atoms with E-state index >= 15 is 0 Å². The van der Waals surface area contributed by atoms with E-state index in [0.29, 0.717) is 148 Å². The molecule has 2 aromatic carbocycles. The number of aromatic hydroxyl groups is 1. The van der Waals surface area contributed by atoms with Gasteiger partial charge in [-0.25, -0.2) is 9.59 Å². The second kappa shape index (κ2) is 40.7. The molecule has 8 rings (SSSR count). The fraction of sp³-hybridized carbons (Fsp3) is 0.685. The van der Waals surface area contributed by atoms with Crippen LogP contribution < -0.4 is 31.6 Å². The molecular weight excluding hydrogens is 1280 g/mol. The molecular formula is C73H106N4O22. The highest BCUT2D eigenvalue weighted by Crippen LogP contribution is 2.70. The number of unbranched alkanes of at least 4 members (excludes halogenated alkanes) is 3. The Morgan fingerprint density at radius 3 is 1.92 bits per heavy atom. The zero-order valence-corrected chi connectivity index (χ0v) is 57.8. The third kappa shape index (κ3) is 23.7. The molecule has 0 spiro atoms. The van der Waals surface area contributed by atoms with Gasteiger partial charge in [0.25, 0.3) is 11.8 Å². The van der Waals surface area contributed by atoms with E-state index in [-0.39, 0.29) is 135 Å². The first-order chi connectivity index (χ1) is 48.0. The highest BCUT2D eigenvalue weighted by Gasteiger charge is 2.71. The summed E-state index contributed by atoms with van der Waals surface area (Å²) in [7, 11) is 0. The van der Waals surface area contributed by atoms with E-state index in [2.05, 4.69) is 28.2 Å². The van der Waals surface area contributed by atoms with Crippen LogP contribution in [0.3, 0.4) is 0 Å². The summed E-state index contributed by atoms with van der Waals surface area (Å²) < 4.78 is 66.3. The summed E-state index contributed by atoms with van der Waals surface area (Å²) in [5.41, 5.74) is -0.664. The minimum atomic E-state index is -1.00. The van der Waals surface area contributed by atoms with Gasteiger partial charge in [0.2, 0.25) is 11.8 Å². The molecule has 2 heterocycles. The second-order valence-electron chi connectivity index (χ2n) is 26.9. The van der Waals surface area contributed by atoms with Crippen LogP contribution in [0.4, 0.5) is 0 Å². The van der Waals surface area contributed by atoms with Crippen molar-refractivity contribution in [2.24, 2.45) is 34.5 Å². The number of rotatable bonds is 47. The average Bonchev–Trinajstić information content (AvgIpc) is 1.61. The number of fused-ring (bicyclic) bond motifs is 6. The summed E-state index contributed by atoms with van der Waals surface area (Å²) in [4.78, 5) is 86.9. The standard InChI is InChI=1S/C73H106N4O22/c1-71-22-18-57(45-54(71)13-17-60-61(71)47-63(79)72(2)59(19-23-73(60,72)87)53-44-68(84)98-48-53)97-49-65(81)75-24-6-4-3-5-9-64(80)74-25-7-28-88-33-37-92-38-34-89-29-8-26-77-69(85)58-43-52-12-16-56(46-62(52)99-70(58)86)96-50-66(82)76-27-32-91-36-40-94-42-41-93-39-35-90-30-21-67(83)95-31-20-51-10-14-55(78)15-11-51/h10-12,14-16,43-44,46,54,57,59-61,63,78-79,87H,3-9,13,17-42,45,47-50H2,1-2H3,(H,74,80)(H,75,81)(H,76,82)(H,77,85)/t54?,57-,59+,60?,61?,63+,71-,72-,73-/m0/s1. The van der Waals surface area contributed by atoms with Gasteiger partial charge < -0.3 is 93.1 Å². The molecule has 1 aromatic heterocycles. The summed E-state index contributed by atoms with van der Waals surface area (Å²) in [5, 5.41) is 45.6. The first-order valence-electron chi connectivity index (χ1n) is 35.6. The number of nitrogens with one attached hydrogen (secondary N) is 4. The van der Waals surface area contributed by atoms with Gasteiger partial charge in [-0.15, -0.1) is 0 Å². The number of hydrogen-bond donors (Lipinski definition) is 7. The SMILES string of the molecule is C[C@]12CC[C@H](OCC(=O)NCCCCCCC(=O)NCCCOCCOCCOCCCNC(=O)c3cc4ccc(OCC(=O)NCCOCCOCCOCCOCCC(=O)OCCc5ccc(O)cc5)cc4oc3=O)CC1CCC1C2C[C@@H](O)[C@]2(C)[C@@H](C3=CC(=O)OC3)CC[C@]12O. The molecule has 4 amide bonds. The lowest BCUT2D eigenvalue weighted by molar-refractivity contribution is -0.245. The van der Waals surface area contributed by atoms with Gasteiger partial charge in [-0.1, -0.05) is 38.8 Å². The number of cyclic esters (lactones) is 1. The first kappa shape index (κ1) is 78.1. The van der Waals surface area contributed by atoms with Crippen LogP contribution in [-0.4, -0.2) is 214 Å². The van der Waals surface area contributed by atoms with Crippen LogP contribution in [0.2, 0.25) is 0 Å². The van der Waals surface area contributed by atoms with Crippen molar-refractivity contribution in [3.05, 3.63) is 81.7 Å². The van der Waals surface area contributed by atoms with Crippen LogP contribution in [-0.2, 0) is 77.8 Å². The Balaban J connectivity index is 0.534. The lowest BCUT2D eigenvalue weighted by Crippen LogP contribution is -2.67. The number of hydrogen-bond acceptors (Lipinski definition) is 22. The summed E-state index contributed by atoms with van der Waals surface area (Å²) in [6.45, 7) is 11.2. The third-order valence-electron chi connectivity index (χ3n) is 20.5. The van der Waals surface area contributed by atoms with E-state index < -0.39 is 28.7 Å². The number of phenolic OH excluding ortho intramolecular Hbond substituents is 1. The number of phenols is 1. The Hall–Kier alpha value is -6.59. The van der Waals surface area contributed by atoms with E-state index in [9.17, 15) is 48.9 Å². The van der Waals surface area contributed by atoms with Gasteiger partial charge in [0.15, 0.2) is 6.61 Å². The molecule has 4 aliphatic carbocycles. The number of benzene rings is 2. The Morgan fingerprint density at radius 2 is 1.22 bits per heavy atom. The average molecular weight is 1390 g/mol. The predicted molar refractivity (Wildman–Crippen MR) is 362 cm³/mol. The van der Waals surface area contributed by atoms with Crippen molar-refractivity contribution in [2.45, 2.75) is 141 Å². The number of carbonyl (C=O) groups is 6. The minimum absolute atomic E-state index is 0.00147. The van der Waals surface area contributed by atoms with Crippen LogP contribution in [0.5, 0.6) is 11.5 Å². The fourth-order valence-electron chi connectivity index (χ4n) is 15.0. The molecule has 99 heavy (non-hydrogen) atoms. The summed E-state index contributed by atoms with van der Waals surface area (Å²) >= 11 is 0. The van der Waals surface area contributed by atoms with Gasteiger partial charge in [0, 0.05) is 75.2 Å².